The van der Waals surface area contributed by atoms with Crippen LogP contribution >= 0.6 is 23.2 Å². The summed E-state index contributed by atoms with van der Waals surface area (Å²) < 4.78 is 0. The molecule has 2 amide bonds. The summed E-state index contributed by atoms with van der Waals surface area (Å²) in [4.78, 5) is 26.8. The molecule has 1 unspecified atom stereocenters. The van der Waals surface area contributed by atoms with Crippen molar-refractivity contribution in [2.24, 2.45) is 5.92 Å². The zero-order valence-corrected chi connectivity index (χ0v) is 16.3. The van der Waals surface area contributed by atoms with Gasteiger partial charge in [0.05, 0.1) is 12.5 Å². The number of carbonyl (C=O) groups excluding carboxylic acids is 2. The lowest BCUT2D eigenvalue weighted by atomic mass is 9.97. The summed E-state index contributed by atoms with van der Waals surface area (Å²) in [5.74, 6) is -0.294. The predicted molar refractivity (Wildman–Crippen MR) is 109 cm³/mol. The van der Waals surface area contributed by atoms with Crippen molar-refractivity contribution < 1.29 is 9.59 Å². The Morgan fingerprint density at radius 3 is 2.41 bits per heavy atom. The molecule has 2 aromatic carbocycles. The van der Waals surface area contributed by atoms with Gasteiger partial charge in [-0.3, -0.25) is 14.5 Å². The molecule has 3 rings (SSSR count). The number of benzene rings is 2. The van der Waals surface area contributed by atoms with Gasteiger partial charge >= 0.3 is 0 Å². The van der Waals surface area contributed by atoms with E-state index in [4.69, 9.17) is 23.2 Å². The molecule has 1 aliphatic rings. The third kappa shape index (κ3) is 5.96. The molecular formula is C20H21Cl2N3O2. The largest absolute Gasteiger partial charge is 0.326 e. The van der Waals surface area contributed by atoms with Crippen LogP contribution in [0, 0.1) is 5.92 Å². The Morgan fingerprint density at radius 2 is 1.70 bits per heavy atom. The van der Waals surface area contributed by atoms with Crippen molar-refractivity contribution >= 4 is 46.4 Å². The topological polar surface area (TPSA) is 61.4 Å². The molecule has 5 nitrogen and oxygen atoms in total. The van der Waals surface area contributed by atoms with Crippen LogP contribution < -0.4 is 10.6 Å². The van der Waals surface area contributed by atoms with Gasteiger partial charge in [-0.25, -0.2) is 0 Å². The van der Waals surface area contributed by atoms with E-state index < -0.39 is 0 Å². The summed E-state index contributed by atoms with van der Waals surface area (Å²) in [6.07, 6.45) is 1.70. The number of hydrogen-bond acceptors (Lipinski definition) is 3. The first kappa shape index (κ1) is 19.7. The van der Waals surface area contributed by atoms with Crippen molar-refractivity contribution in [2.75, 3.05) is 30.3 Å². The molecule has 1 atom stereocenters. The van der Waals surface area contributed by atoms with Gasteiger partial charge in [0.25, 0.3) is 0 Å². The monoisotopic (exact) mass is 405 g/mol. The van der Waals surface area contributed by atoms with Crippen LogP contribution in [-0.2, 0) is 9.59 Å². The lowest BCUT2D eigenvalue weighted by Crippen LogP contribution is -2.43. The summed E-state index contributed by atoms with van der Waals surface area (Å²) in [5, 5.41) is 6.68. The average molecular weight is 406 g/mol. The summed E-state index contributed by atoms with van der Waals surface area (Å²) in [6, 6.07) is 14.3. The number of likely N-dealkylation sites (tertiary alicyclic amines) is 1. The molecule has 1 heterocycles. The predicted octanol–water partition coefficient (Wildman–Crippen LogP) is 4.28. The number of piperidine rings is 1. The Morgan fingerprint density at radius 1 is 1.00 bits per heavy atom. The summed E-state index contributed by atoms with van der Waals surface area (Å²) in [7, 11) is 0. The van der Waals surface area contributed by atoms with Crippen LogP contribution in [0.25, 0.3) is 0 Å². The fourth-order valence-electron chi connectivity index (χ4n) is 3.21. The van der Waals surface area contributed by atoms with Gasteiger partial charge in [-0.2, -0.15) is 0 Å². The second kappa shape index (κ2) is 9.22. The third-order valence-corrected chi connectivity index (χ3v) is 4.87. The fourth-order valence-corrected chi connectivity index (χ4v) is 3.73. The Kier molecular flexibility index (Phi) is 6.72. The molecule has 142 valence electrons. The molecule has 1 saturated heterocycles. The van der Waals surface area contributed by atoms with Crippen LogP contribution in [0.1, 0.15) is 12.8 Å². The van der Waals surface area contributed by atoms with Crippen LogP contribution in [0.4, 0.5) is 11.4 Å². The Bertz CT molecular complexity index is 794. The molecule has 2 N–H and O–H groups in total. The summed E-state index contributed by atoms with van der Waals surface area (Å²) >= 11 is 11.9. The van der Waals surface area contributed by atoms with Gasteiger partial charge in [0.2, 0.25) is 11.8 Å². The second-order valence-electron chi connectivity index (χ2n) is 6.64. The molecule has 0 bridgehead atoms. The van der Waals surface area contributed by atoms with Crippen molar-refractivity contribution in [1.82, 2.24) is 4.90 Å². The highest BCUT2D eigenvalue weighted by Gasteiger charge is 2.27. The standard InChI is InChI=1S/C20H21Cl2N3O2/c21-15-9-16(22)11-18(10-15)23-19(26)13-25-8-4-5-14(12-25)20(27)24-17-6-2-1-3-7-17/h1-3,6-7,9-11,14H,4-5,8,12-13H2,(H,23,26)(H,24,27). The molecule has 0 radical (unpaired) electrons. The van der Waals surface area contributed by atoms with Gasteiger partial charge in [-0.1, -0.05) is 41.4 Å². The second-order valence-corrected chi connectivity index (χ2v) is 7.51. The zero-order chi connectivity index (χ0) is 19.2. The van der Waals surface area contributed by atoms with Gasteiger partial charge < -0.3 is 10.6 Å². The number of hydrogen-bond donors (Lipinski definition) is 2. The lowest BCUT2D eigenvalue weighted by molar-refractivity contribution is -0.123. The number of para-hydroxylation sites is 1. The highest BCUT2D eigenvalue weighted by atomic mass is 35.5. The number of nitrogens with one attached hydrogen (secondary N) is 2. The minimum absolute atomic E-state index is 0.00655. The number of amides is 2. The molecule has 0 saturated carbocycles. The third-order valence-electron chi connectivity index (χ3n) is 4.43. The quantitative estimate of drug-likeness (QED) is 0.779. The summed E-state index contributed by atoms with van der Waals surface area (Å²) in [6.45, 7) is 1.57. The SMILES string of the molecule is O=C(CN1CCCC(C(=O)Nc2ccccc2)C1)Nc1cc(Cl)cc(Cl)c1. The van der Waals surface area contributed by atoms with E-state index in [0.717, 1.165) is 25.1 Å². The molecule has 27 heavy (non-hydrogen) atoms. The fraction of sp³-hybridized carbons (Fsp3) is 0.300. The highest BCUT2D eigenvalue weighted by molar-refractivity contribution is 6.35. The minimum atomic E-state index is -0.155. The van der Waals surface area contributed by atoms with Crippen LogP contribution in [0.15, 0.2) is 48.5 Å². The number of anilines is 2. The minimum Gasteiger partial charge on any atom is -0.326 e. The number of nitrogens with zero attached hydrogens (tertiary/aromatic N) is 1. The number of rotatable bonds is 5. The van der Waals surface area contributed by atoms with E-state index >= 15 is 0 Å². The maximum absolute atomic E-state index is 12.5. The smallest absolute Gasteiger partial charge is 0.238 e. The zero-order valence-electron chi connectivity index (χ0n) is 14.8. The van der Waals surface area contributed by atoms with Gasteiger partial charge in [-0.05, 0) is 49.7 Å². The van der Waals surface area contributed by atoms with Gasteiger partial charge in [-0.15, -0.1) is 0 Å². The Balaban J connectivity index is 1.53. The number of carbonyl (C=O) groups is 2. The molecule has 1 aliphatic heterocycles. The first-order valence-corrected chi connectivity index (χ1v) is 9.59. The molecule has 2 aromatic rings. The lowest BCUT2D eigenvalue weighted by Gasteiger charge is -2.31. The van der Waals surface area contributed by atoms with E-state index in [9.17, 15) is 9.59 Å². The van der Waals surface area contributed by atoms with E-state index in [0.29, 0.717) is 22.3 Å². The first-order chi connectivity index (χ1) is 13.0. The van der Waals surface area contributed by atoms with Gasteiger partial charge in [0.1, 0.15) is 0 Å². The van der Waals surface area contributed by atoms with Crippen LogP contribution in [0.3, 0.4) is 0 Å². The maximum atomic E-state index is 12.5. The maximum Gasteiger partial charge on any atom is 0.238 e. The van der Waals surface area contributed by atoms with Crippen molar-refractivity contribution in [3.8, 4) is 0 Å². The van der Waals surface area contributed by atoms with E-state index in [1.165, 1.54) is 0 Å². The van der Waals surface area contributed by atoms with Crippen molar-refractivity contribution in [1.29, 1.82) is 0 Å². The normalized spacial score (nSPS) is 17.3. The van der Waals surface area contributed by atoms with Crippen LogP contribution in [0.2, 0.25) is 10.0 Å². The molecule has 1 fully saturated rings. The first-order valence-electron chi connectivity index (χ1n) is 8.84. The highest BCUT2D eigenvalue weighted by Crippen LogP contribution is 2.23. The van der Waals surface area contributed by atoms with E-state index in [2.05, 4.69) is 10.6 Å². The van der Waals surface area contributed by atoms with Crippen molar-refractivity contribution in [3.05, 3.63) is 58.6 Å². The van der Waals surface area contributed by atoms with E-state index in [-0.39, 0.29) is 24.3 Å². The van der Waals surface area contributed by atoms with E-state index in [1.54, 1.807) is 18.2 Å². The Labute approximate surface area is 168 Å². The molecule has 0 aromatic heterocycles. The Hall–Kier alpha value is -2.08. The summed E-state index contributed by atoms with van der Waals surface area (Å²) in [5.41, 5.74) is 1.35. The molecule has 7 heteroatoms. The average Bonchev–Trinajstić information content (AvgIpc) is 2.61. The van der Waals surface area contributed by atoms with Gasteiger partial charge in [0.15, 0.2) is 0 Å². The van der Waals surface area contributed by atoms with E-state index in [1.807, 2.05) is 35.2 Å². The molecule has 0 spiro atoms. The van der Waals surface area contributed by atoms with Crippen molar-refractivity contribution in [2.45, 2.75) is 12.8 Å². The van der Waals surface area contributed by atoms with Crippen LogP contribution in [0.5, 0.6) is 0 Å². The van der Waals surface area contributed by atoms with Gasteiger partial charge in [0, 0.05) is 28.0 Å². The van der Waals surface area contributed by atoms with Crippen molar-refractivity contribution in [3.63, 3.8) is 0 Å². The molecular weight excluding hydrogens is 385 g/mol. The van der Waals surface area contributed by atoms with Crippen LogP contribution in [-0.4, -0.2) is 36.3 Å². The molecule has 0 aliphatic carbocycles. The number of halogens is 2.